The van der Waals surface area contributed by atoms with Crippen molar-refractivity contribution in [3.8, 4) is 0 Å². The molecule has 1 heterocycles. The fraction of sp³-hybridized carbons (Fsp3) is 0.118. The zero-order valence-electron chi connectivity index (χ0n) is 11.2. The molecular weight excluding hydrogens is 248 g/mol. The molecule has 3 aromatic rings. The highest BCUT2D eigenvalue weighted by atomic mass is 16.1. The van der Waals surface area contributed by atoms with E-state index in [1.54, 1.807) is 10.6 Å². The third-order valence-corrected chi connectivity index (χ3v) is 3.42. The van der Waals surface area contributed by atoms with Gasteiger partial charge >= 0.3 is 5.69 Å². The quantitative estimate of drug-likeness (QED) is 0.665. The van der Waals surface area contributed by atoms with Crippen molar-refractivity contribution < 1.29 is 0 Å². The van der Waals surface area contributed by atoms with E-state index in [1.807, 2.05) is 59.2 Å². The number of hydrogen-bond acceptors (Lipinski definition) is 1. The molecular formula is C17H16N2O. The zero-order valence-corrected chi connectivity index (χ0v) is 11.2. The first-order valence-electron chi connectivity index (χ1n) is 6.64. The fourth-order valence-corrected chi connectivity index (χ4v) is 2.50. The third-order valence-electron chi connectivity index (χ3n) is 3.42. The highest BCUT2D eigenvalue weighted by Gasteiger charge is 2.11. The first kappa shape index (κ1) is 12.5. The molecule has 0 bridgehead atoms. The molecule has 0 aliphatic carbocycles. The number of hydrogen-bond donors (Lipinski definition) is 0. The number of rotatable bonds is 4. The second kappa shape index (κ2) is 5.21. The highest BCUT2D eigenvalue weighted by Crippen LogP contribution is 2.14. The number of fused-ring (bicyclic) bond motifs is 1. The molecule has 100 valence electrons. The number of nitrogens with zero attached hydrogens (tertiary/aromatic N) is 2. The Kier molecular flexibility index (Phi) is 3.25. The van der Waals surface area contributed by atoms with Gasteiger partial charge in [-0.15, -0.1) is 6.58 Å². The lowest BCUT2D eigenvalue weighted by molar-refractivity contribution is 0.709. The first-order valence-corrected chi connectivity index (χ1v) is 6.64. The van der Waals surface area contributed by atoms with E-state index in [0.717, 1.165) is 16.6 Å². The minimum absolute atomic E-state index is 0.00922. The standard InChI is InChI=1S/C17H16N2O/c1-2-12-18-15-10-6-7-11-16(15)19(17(18)20)13-14-8-4-3-5-9-14/h2-11H,1,12-13H2. The van der Waals surface area contributed by atoms with Crippen LogP contribution in [-0.2, 0) is 13.1 Å². The average Bonchev–Trinajstić information content (AvgIpc) is 2.75. The molecule has 1 aromatic heterocycles. The van der Waals surface area contributed by atoms with E-state index in [4.69, 9.17) is 0 Å². The van der Waals surface area contributed by atoms with E-state index in [-0.39, 0.29) is 5.69 Å². The summed E-state index contributed by atoms with van der Waals surface area (Å²) in [6, 6.07) is 17.9. The number of aromatic nitrogens is 2. The van der Waals surface area contributed by atoms with Gasteiger partial charge in [0.05, 0.1) is 17.6 Å². The summed E-state index contributed by atoms with van der Waals surface area (Å²) in [5.74, 6) is 0. The molecule has 3 nitrogen and oxygen atoms in total. The van der Waals surface area contributed by atoms with Crippen molar-refractivity contribution in [2.24, 2.45) is 0 Å². The molecule has 0 radical (unpaired) electrons. The van der Waals surface area contributed by atoms with Gasteiger partial charge in [-0.25, -0.2) is 4.79 Å². The average molecular weight is 264 g/mol. The van der Waals surface area contributed by atoms with Crippen LogP contribution in [0.15, 0.2) is 72.0 Å². The van der Waals surface area contributed by atoms with Crippen LogP contribution in [0.5, 0.6) is 0 Å². The van der Waals surface area contributed by atoms with Crippen molar-refractivity contribution in [3.05, 3.63) is 83.3 Å². The zero-order chi connectivity index (χ0) is 13.9. The molecule has 2 aromatic carbocycles. The summed E-state index contributed by atoms with van der Waals surface area (Å²) in [4.78, 5) is 12.6. The molecule has 0 spiro atoms. The highest BCUT2D eigenvalue weighted by molar-refractivity contribution is 5.76. The molecule has 0 atom stereocenters. The minimum atomic E-state index is 0.00922. The Morgan fingerprint density at radius 2 is 1.50 bits per heavy atom. The van der Waals surface area contributed by atoms with Crippen molar-refractivity contribution in [2.45, 2.75) is 13.1 Å². The molecule has 0 saturated heterocycles. The van der Waals surface area contributed by atoms with E-state index in [0.29, 0.717) is 13.1 Å². The predicted molar refractivity (Wildman–Crippen MR) is 81.9 cm³/mol. The Balaban J connectivity index is 2.18. The van der Waals surface area contributed by atoms with Crippen LogP contribution in [0.25, 0.3) is 11.0 Å². The predicted octanol–water partition coefficient (Wildman–Crippen LogP) is 3.04. The maximum absolute atomic E-state index is 12.6. The number of imidazole rings is 1. The summed E-state index contributed by atoms with van der Waals surface area (Å²) in [5.41, 5.74) is 3.04. The SMILES string of the molecule is C=CCn1c(=O)n(Cc2ccccc2)c2ccccc21. The van der Waals surface area contributed by atoms with Crippen molar-refractivity contribution in [2.75, 3.05) is 0 Å². The van der Waals surface area contributed by atoms with Gasteiger partial charge in [0.15, 0.2) is 0 Å². The van der Waals surface area contributed by atoms with Gasteiger partial charge in [0.25, 0.3) is 0 Å². The molecule has 3 heteroatoms. The Labute approximate surface area is 117 Å². The van der Waals surface area contributed by atoms with Crippen molar-refractivity contribution in [1.29, 1.82) is 0 Å². The Morgan fingerprint density at radius 1 is 0.900 bits per heavy atom. The van der Waals surface area contributed by atoms with Crippen molar-refractivity contribution in [1.82, 2.24) is 9.13 Å². The first-order chi connectivity index (χ1) is 9.81. The normalized spacial score (nSPS) is 10.8. The summed E-state index contributed by atoms with van der Waals surface area (Å²) in [7, 11) is 0. The maximum atomic E-state index is 12.6. The Hall–Kier alpha value is -2.55. The molecule has 0 fully saturated rings. The lowest BCUT2D eigenvalue weighted by Gasteiger charge is -2.03. The van der Waals surface area contributed by atoms with Crippen LogP contribution in [0.4, 0.5) is 0 Å². The monoisotopic (exact) mass is 264 g/mol. The summed E-state index contributed by atoms with van der Waals surface area (Å²) in [6.45, 7) is 4.84. The van der Waals surface area contributed by atoms with Crippen LogP contribution in [0.1, 0.15) is 5.56 Å². The van der Waals surface area contributed by atoms with Crippen molar-refractivity contribution in [3.63, 3.8) is 0 Å². The van der Waals surface area contributed by atoms with Gasteiger partial charge < -0.3 is 0 Å². The number of benzene rings is 2. The lowest BCUT2D eigenvalue weighted by atomic mass is 10.2. The van der Waals surface area contributed by atoms with E-state index in [1.165, 1.54) is 0 Å². The van der Waals surface area contributed by atoms with E-state index in [9.17, 15) is 4.79 Å². The molecule has 0 unspecified atom stereocenters. The maximum Gasteiger partial charge on any atom is 0.329 e. The van der Waals surface area contributed by atoms with Gasteiger partial charge in [0, 0.05) is 6.54 Å². The molecule has 20 heavy (non-hydrogen) atoms. The largest absolute Gasteiger partial charge is 0.329 e. The van der Waals surface area contributed by atoms with E-state index >= 15 is 0 Å². The molecule has 0 N–H and O–H groups in total. The second-order valence-electron chi connectivity index (χ2n) is 4.74. The van der Waals surface area contributed by atoms with E-state index < -0.39 is 0 Å². The summed E-state index contributed by atoms with van der Waals surface area (Å²) < 4.78 is 3.57. The summed E-state index contributed by atoms with van der Waals surface area (Å²) in [5, 5.41) is 0. The molecule has 0 aliphatic heterocycles. The van der Waals surface area contributed by atoms with Crippen LogP contribution >= 0.6 is 0 Å². The minimum Gasteiger partial charge on any atom is -0.288 e. The van der Waals surface area contributed by atoms with Gasteiger partial charge in [0.2, 0.25) is 0 Å². The molecule has 0 amide bonds. The smallest absolute Gasteiger partial charge is 0.288 e. The second-order valence-corrected chi connectivity index (χ2v) is 4.74. The summed E-state index contributed by atoms with van der Waals surface area (Å²) >= 11 is 0. The topological polar surface area (TPSA) is 26.9 Å². The Bertz CT molecular complexity index is 797. The summed E-state index contributed by atoms with van der Waals surface area (Å²) in [6.07, 6.45) is 1.75. The fourth-order valence-electron chi connectivity index (χ4n) is 2.50. The Morgan fingerprint density at radius 3 is 2.15 bits per heavy atom. The van der Waals surface area contributed by atoms with Crippen LogP contribution in [0, 0.1) is 0 Å². The van der Waals surface area contributed by atoms with Gasteiger partial charge in [-0.2, -0.15) is 0 Å². The molecule has 0 aliphatic rings. The van der Waals surface area contributed by atoms with Gasteiger partial charge in [-0.3, -0.25) is 9.13 Å². The molecule has 0 saturated carbocycles. The van der Waals surface area contributed by atoms with Gasteiger partial charge in [0.1, 0.15) is 0 Å². The van der Waals surface area contributed by atoms with E-state index in [2.05, 4.69) is 6.58 Å². The van der Waals surface area contributed by atoms with Gasteiger partial charge in [-0.1, -0.05) is 48.5 Å². The van der Waals surface area contributed by atoms with Crippen LogP contribution < -0.4 is 5.69 Å². The van der Waals surface area contributed by atoms with Gasteiger partial charge in [-0.05, 0) is 17.7 Å². The van der Waals surface area contributed by atoms with Crippen LogP contribution in [0.2, 0.25) is 0 Å². The van der Waals surface area contributed by atoms with Crippen LogP contribution in [-0.4, -0.2) is 9.13 Å². The van der Waals surface area contributed by atoms with Crippen LogP contribution in [0.3, 0.4) is 0 Å². The molecule has 3 rings (SSSR count). The third kappa shape index (κ3) is 2.07. The number of para-hydroxylation sites is 2. The van der Waals surface area contributed by atoms with Crippen molar-refractivity contribution >= 4 is 11.0 Å². The lowest BCUT2D eigenvalue weighted by Crippen LogP contribution is -2.24. The number of allylic oxidation sites excluding steroid dienone is 1.